The van der Waals surface area contributed by atoms with Crippen molar-refractivity contribution in [3.05, 3.63) is 58.1 Å². The standard InChI is InChI=1S/C18H23N3OS/c1-15-19-17(14-23-15)9-10-18(22)21(12-11-20(2)3)13-16-7-5-4-6-8-16/h4-10,14H,11-13H2,1-3H3/b10-9+. The molecule has 1 heterocycles. The van der Waals surface area contributed by atoms with Crippen LogP contribution >= 0.6 is 11.3 Å². The first-order chi connectivity index (χ1) is 11.0. The van der Waals surface area contributed by atoms with Crippen LogP contribution < -0.4 is 0 Å². The van der Waals surface area contributed by atoms with Crippen molar-refractivity contribution in [2.45, 2.75) is 13.5 Å². The van der Waals surface area contributed by atoms with E-state index in [1.807, 2.05) is 61.6 Å². The molecule has 0 radical (unpaired) electrons. The van der Waals surface area contributed by atoms with Gasteiger partial charge in [0.05, 0.1) is 10.7 Å². The van der Waals surface area contributed by atoms with Crippen molar-refractivity contribution in [2.24, 2.45) is 0 Å². The fraction of sp³-hybridized carbons (Fsp3) is 0.333. The van der Waals surface area contributed by atoms with Crippen molar-refractivity contribution in [3.63, 3.8) is 0 Å². The van der Waals surface area contributed by atoms with Crippen LogP contribution in [0.1, 0.15) is 16.3 Å². The molecule has 0 saturated carbocycles. The fourth-order valence-corrected chi connectivity index (χ4v) is 2.69. The lowest BCUT2D eigenvalue weighted by atomic mass is 10.2. The summed E-state index contributed by atoms with van der Waals surface area (Å²) < 4.78 is 0. The molecule has 0 atom stereocenters. The number of aromatic nitrogens is 1. The van der Waals surface area contributed by atoms with E-state index in [9.17, 15) is 4.79 Å². The molecule has 5 heteroatoms. The van der Waals surface area contributed by atoms with Crippen LogP contribution in [0.5, 0.6) is 0 Å². The number of hydrogen-bond acceptors (Lipinski definition) is 4. The number of nitrogens with zero attached hydrogens (tertiary/aromatic N) is 3. The van der Waals surface area contributed by atoms with Gasteiger partial charge in [0, 0.05) is 31.1 Å². The first kappa shape index (κ1) is 17.4. The zero-order chi connectivity index (χ0) is 16.7. The van der Waals surface area contributed by atoms with Crippen molar-refractivity contribution < 1.29 is 4.79 Å². The third-order valence-electron chi connectivity index (χ3n) is 3.38. The quantitative estimate of drug-likeness (QED) is 0.733. The van der Waals surface area contributed by atoms with Crippen LogP contribution in [-0.2, 0) is 11.3 Å². The Morgan fingerprint density at radius 2 is 1.96 bits per heavy atom. The second-order valence-electron chi connectivity index (χ2n) is 5.67. The molecule has 0 spiro atoms. The smallest absolute Gasteiger partial charge is 0.246 e. The number of hydrogen-bond donors (Lipinski definition) is 0. The molecule has 0 unspecified atom stereocenters. The molecule has 2 rings (SSSR count). The lowest BCUT2D eigenvalue weighted by Gasteiger charge is -2.23. The number of rotatable bonds is 7. The van der Waals surface area contributed by atoms with Crippen molar-refractivity contribution >= 4 is 23.3 Å². The van der Waals surface area contributed by atoms with Crippen molar-refractivity contribution in [2.75, 3.05) is 27.2 Å². The van der Waals surface area contributed by atoms with Gasteiger partial charge in [-0.05, 0) is 32.7 Å². The average Bonchev–Trinajstić information content (AvgIpc) is 2.95. The average molecular weight is 329 g/mol. The minimum absolute atomic E-state index is 0.0151. The number of likely N-dealkylation sites (N-methyl/N-ethyl adjacent to an activating group) is 1. The Hall–Kier alpha value is -1.98. The molecular weight excluding hydrogens is 306 g/mol. The molecule has 1 amide bonds. The van der Waals surface area contributed by atoms with E-state index in [4.69, 9.17) is 0 Å². The van der Waals surface area contributed by atoms with E-state index in [1.165, 1.54) is 0 Å². The van der Waals surface area contributed by atoms with Crippen LogP contribution in [0.15, 0.2) is 41.8 Å². The minimum atomic E-state index is 0.0151. The number of carbonyl (C=O) groups excluding carboxylic acids is 1. The van der Waals surface area contributed by atoms with Gasteiger partial charge >= 0.3 is 0 Å². The highest BCUT2D eigenvalue weighted by Gasteiger charge is 2.11. The molecular formula is C18H23N3OS. The van der Waals surface area contributed by atoms with E-state index < -0.39 is 0 Å². The van der Waals surface area contributed by atoms with Crippen molar-refractivity contribution in [1.29, 1.82) is 0 Å². The summed E-state index contributed by atoms with van der Waals surface area (Å²) in [6, 6.07) is 10.1. The van der Waals surface area contributed by atoms with E-state index in [2.05, 4.69) is 9.88 Å². The first-order valence-corrected chi connectivity index (χ1v) is 8.50. The summed E-state index contributed by atoms with van der Waals surface area (Å²) in [7, 11) is 4.03. The SMILES string of the molecule is Cc1nc(/C=C/C(=O)N(CCN(C)C)Cc2ccccc2)cs1. The predicted molar refractivity (Wildman–Crippen MR) is 96.3 cm³/mol. The molecule has 0 bridgehead atoms. The number of amides is 1. The van der Waals surface area contributed by atoms with Gasteiger partial charge in [-0.3, -0.25) is 4.79 Å². The van der Waals surface area contributed by atoms with E-state index in [-0.39, 0.29) is 5.91 Å². The van der Waals surface area contributed by atoms with Crippen LogP contribution in [0.3, 0.4) is 0 Å². The van der Waals surface area contributed by atoms with Gasteiger partial charge in [0.15, 0.2) is 0 Å². The summed E-state index contributed by atoms with van der Waals surface area (Å²) in [5, 5.41) is 2.96. The Kier molecular flexibility index (Phi) is 6.50. The van der Waals surface area contributed by atoms with Crippen molar-refractivity contribution in [3.8, 4) is 0 Å². The molecule has 122 valence electrons. The first-order valence-electron chi connectivity index (χ1n) is 7.62. The van der Waals surface area contributed by atoms with Crippen LogP contribution in [0.4, 0.5) is 0 Å². The van der Waals surface area contributed by atoms with Crippen LogP contribution in [0.2, 0.25) is 0 Å². The van der Waals surface area contributed by atoms with E-state index in [0.29, 0.717) is 13.1 Å². The Labute approximate surface area is 142 Å². The Bertz CT molecular complexity index is 649. The normalized spacial score (nSPS) is 11.3. The maximum atomic E-state index is 12.5. The molecule has 1 aromatic heterocycles. The molecule has 2 aromatic rings. The van der Waals surface area contributed by atoms with Gasteiger partial charge in [0.2, 0.25) is 5.91 Å². The lowest BCUT2D eigenvalue weighted by molar-refractivity contribution is -0.126. The Balaban J connectivity index is 2.05. The maximum absolute atomic E-state index is 12.5. The topological polar surface area (TPSA) is 36.4 Å². The number of thiazole rings is 1. The van der Waals surface area contributed by atoms with Gasteiger partial charge < -0.3 is 9.80 Å². The van der Waals surface area contributed by atoms with Crippen molar-refractivity contribution in [1.82, 2.24) is 14.8 Å². The van der Waals surface area contributed by atoms with Gasteiger partial charge in [-0.25, -0.2) is 4.98 Å². The number of carbonyl (C=O) groups is 1. The highest BCUT2D eigenvalue weighted by atomic mass is 32.1. The second-order valence-corrected chi connectivity index (χ2v) is 6.74. The van der Waals surface area contributed by atoms with Gasteiger partial charge in [-0.15, -0.1) is 11.3 Å². The Morgan fingerprint density at radius 1 is 1.22 bits per heavy atom. The van der Waals surface area contributed by atoms with Crippen LogP contribution in [-0.4, -0.2) is 47.9 Å². The molecule has 0 N–H and O–H groups in total. The number of benzene rings is 1. The third kappa shape index (κ3) is 5.96. The predicted octanol–water partition coefficient (Wildman–Crippen LogP) is 3.06. The summed E-state index contributed by atoms with van der Waals surface area (Å²) >= 11 is 1.59. The van der Waals surface area contributed by atoms with Gasteiger partial charge in [-0.1, -0.05) is 30.3 Å². The largest absolute Gasteiger partial charge is 0.334 e. The lowest BCUT2D eigenvalue weighted by Crippen LogP contribution is -2.35. The molecule has 0 aliphatic carbocycles. The van der Waals surface area contributed by atoms with E-state index in [0.717, 1.165) is 22.8 Å². The van der Waals surface area contributed by atoms with Crippen LogP contribution in [0, 0.1) is 6.92 Å². The third-order valence-corrected chi connectivity index (χ3v) is 4.17. The summed E-state index contributed by atoms with van der Waals surface area (Å²) in [5.74, 6) is 0.0151. The zero-order valence-corrected chi connectivity index (χ0v) is 14.7. The minimum Gasteiger partial charge on any atom is -0.334 e. The molecule has 0 saturated heterocycles. The summed E-state index contributed by atoms with van der Waals surface area (Å²) in [6.07, 6.45) is 3.41. The fourth-order valence-electron chi connectivity index (χ4n) is 2.11. The number of aryl methyl sites for hydroxylation is 1. The summed E-state index contributed by atoms with van der Waals surface area (Å²) in [4.78, 5) is 20.8. The van der Waals surface area contributed by atoms with Gasteiger partial charge in [-0.2, -0.15) is 0 Å². The highest BCUT2D eigenvalue weighted by molar-refractivity contribution is 7.09. The molecule has 0 aliphatic rings. The summed E-state index contributed by atoms with van der Waals surface area (Å²) in [6.45, 7) is 4.11. The van der Waals surface area contributed by atoms with E-state index >= 15 is 0 Å². The molecule has 23 heavy (non-hydrogen) atoms. The summed E-state index contributed by atoms with van der Waals surface area (Å²) in [5.41, 5.74) is 1.98. The second kappa shape index (κ2) is 8.60. The molecule has 0 aliphatic heterocycles. The monoisotopic (exact) mass is 329 g/mol. The molecule has 4 nitrogen and oxygen atoms in total. The zero-order valence-electron chi connectivity index (χ0n) is 13.9. The van der Waals surface area contributed by atoms with E-state index in [1.54, 1.807) is 23.5 Å². The Morgan fingerprint density at radius 3 is 2.57 bits per heavy atom. The maximum Gasteiger partial charge on any atom is 0.246 e. The van der Waals surface area contributed by atoms with Gasteiger partial charge in [0.25, 0.3) is 0 Å². The molecule has 0 fully saturated rings. The van der Waals surface area contributed by atoms with Crippen LogP contribution in [0.25, 0.3) is 6.08 Å². The highest BCUT2D eigenvalue weighted by Crippen LogP contribution is 2.10. The molecule has 1 aromatic carbocycles. The van der Waals surface area contributed by atoms with Gasteiger partial charge in [0.1, 0.15) is 0 Å².